The monoisotopic (exact) mass is 208 g/mol. The first kappa shape index (κ1) is 10.2. The Kier molecular flexibility index (Phi) is 3.01. The van der Waals surface area contributed by atoms with E-state index in [1.807, 2.05) is 16.9 Å². The molecule has 0 bridgehead atoms. The highest BCUT2D eigenvalue weighted by molar-refractivity contribution is 5.77. The first-order valence-electron chi connectivity index (χ1n) is 5.31. The van der Waals surface area contributed by atoms with E-state index < -0.39 is 0 Å². The molecular weight excluding hydrogens is 192 g/mol. The van der Waals surface area contributed by atoms with Gasteiger partial charge in [0.1, 0.15) is 0 Å². The molecule has 1 amide bonds. The van der Waals surface area contributed by atoms with E-state index in [9.17, 15) is 4.79 Å². The Morgan fingerprint density at radius 2 is 2.13 bits per heavy atom. The molecule has 1 aromatic heterocycles. The first-order chi connectivity index (χ1) is 7.31. The van der Waals surface area contributed by atoms with Gasteiger partial charge < -0.3 is 0 Å². The van der Waals surface area contributed by atoms with Crippen LogP contribution >= 0.6 is 0 Å². The third-order valence-electron chi connectivity index (χ3n) is 3.11. The lowest BCUT2D eigenvalue weighted by molar-refractivity contribution is -0.126. The average molecular weight is 208 g/mol. The van der Waals surface area contributed by atoms with Crippen LogP contribution in [-0.2, 0) is 4.79 Å². The number of nitrogens with one attached hydrogen (secondary N) is 1. The number of nitrogens with zero attached hydrogens (tertiary/aromatic N) is 2. The van der Waals surface area contributed by atoms with Gasteiger partial charge in [-0.25, -0.2) is 5.84 Å². The van der Waals surface area contributed by atoms with Gasteiger partial charge in [-0.2, -0.15) is 5.10 Å². The summed E-state index contributed by atoms with van der Waals surface area (Å²) >= 11 is 0. The highest BCUT2D eigenvalue weighted by Crippen LogP contribution is 2.31. The van der Waals surface area contributed by atoms with Gasteiger partial charge in [0.15, 0.2) is 0 Å². The maximum Gasteiger partial charge on any atom is 0.236 e. The van der Waals surface area contributed by atoms with E-state index in [0.717, 1.165) is 25.7 Å². The molecule has 15 heavy (non-hydrogen) atoms. The van der Waals surface area contributed by atoms with Crippen LogP contribution in [0.5, 0.6) is 0 Å². The predicted octanol–water partition coefficient (Wildman–Crippen LogP) is 0.604. The predicted molar refractivity (Wildman–Crippen MR) is 55.6 cm³/mol. The second-order valence-electron chi connectivity index (χ2n) is 4.00. The van der Waals surface area contributed by atoms with Gasteiger partial charge in [0.2, 0.25) is 5.91 Å². The molecule has 3 N–H and O–H groups in total. The van der Waals surface area contributed by atoms with Gasteiger partial charge in [0.05, 0.1) is 6.04 Å². The zero-order valence-electron chi connectivity index (χ0n) is 8.60. The minimum Gasteiger partial charge on any atom is -0.294 e. The molecule has 0 unspecified atom stereocenters. The number of amides is 1. The van der Waals surface area contributed by atoms with Gasteiger partial charge in [-0.3, -0.25) is 14.9 Å². The molecule has 0 aliphatic heterocycles. The first-order valence-corrected chi connectivity index (χ1v) is 5.31. The lowest BCUT2D eigenvalue weighted by Crippen LogP contribution is -2.37. The molecule has 1 heterocycles. The smallest absolute Gasteiger partial charge is 0.236 e. The van der Waals surface area contributed by atoms with Gasteiger partial charge >= 0.3 is 0 Å². The molecule has 1 aliphatic rings. The molecule has 2 rings (SSSR count). The highest BCUT2D eigenvalue weighted by atomic mass is 16.2. The van der Waals surface area contributed by atoms with Crippen LogP contribution in [0.25, 0.3) is 0 Å². The summed E-state index contributed by atoms with van der Waals surface area (Å²) in [6, 6.07) is 2.38. The normalized spacial score (nSPS) is 26.2. The van der Waals surface area contributed by atoms with Crippen LogP contribution in [0.3, 0.4) is 0 Å². The average Bonchev–Trinajstić information content (AvgIpc) is 2.82. The molecule has 0 saturated heterocycles. The summed E-state index contributed by atoms with van der Waals surface area (Å²) < 4.78 is 1.98. The molecule has 1 aliphatic carbocycles. The summed E-state index contributed by atoms with van der Waals surface area (Å²) in [5, 5.41) is 4.22. The summed E-state index contributed by atoms with van der Waals surface area (Å²) in [6.07, 6.45) is 7.56. The maximum absolute atomic E-state index is 11.3. The zero-order valence-corrected chi connectivity index (χ0v) is 8.60. The fourth-order valence-corrected chi connectivity index (χ4v) is 2.22. The van der Waals surface area contributed by atoms with Crippen molar-refractivity contribution in [3.63, 3.8) is 0 Å². The Labute approximate surface area is 88.6 Å². The van der Waals surface area contributed by atoms with E-state index in [1.165, 1.54) is 0 Å². The number of carbonyl (C=O) groups is 1. The van der Waals surface area contributed by atoms with Crippen molar-refractivity contribution >= 4 is 5.91 Å². The molecule has 82 valence electrons. The third kappa shape index (κ3) is 2.18. The Balaban J connectivity index is 1.90. The third-order valence-corrected chi connectivity index (χ3v) is 3.11. The number of hydrazine groups is 1. The van der Waals surface area contributed by atoms with Crippen LogP contribution in [0.4, 0.5) is 0 Å². The number of aromatic nitrogens is 2. The molecule has 0 radical (unpaired) electrons. The second kappa shape index (κ2) is 4.44. The molecule has 5 nitrogen and oxygen atoms in total. The van der Waals surface area contributed by atoms with Crippen LogP contribution in [0, 0.1) is 5.92 Å². The zero-order chi connectivity index (χ0) is 10.7. The lowest BCUT2D eigenvalue weighted by Gasteiger charge is -2.27. The Bertz CT molecular complexity index is 314. The number of rotatable bonds is 2. The number of hydrogen-bond donors (Lipinski definition) is 2. The van der Waals surface area contributed by atoms with Crippen LogP contribution in [0.15, 0.2) is 18.5 Å². The topological polar surface area (TPSA) is 72.9 Å². The van der Waals surface area contributed by atoms with Crippen molar-refractivity contribution in [2.75, 3.05) is 0 Å². The Hall–Kier alpha value is -1.36. The van der Waals surface area contributed by atoms with E-state index >= 15 is 0 Å². The second-order valence-corrected chi connectivity index (χ2v) is 4.00. The van der Waals surface area contributed by atoms with Crippen molar-refractivity contribution < 1.29 is 4.79 Å². The number of carbonyl (C=O) groups excluding carboxylic acids is 1. The van der Waals surface area contributed by atoms with E-state index in [-0.39, 0.29) is 11.8 Å². The lowest BCUT2D eigenvalue weighted by atomic mass is 9.85. The summed E-state index contributed by atoms with van der Waals surface area (Å²) in [6.45, 7) is 0. The van der Waals surface area contributed by atoms with Gasteiger partial charge in [0.25, 0.3) is 0 Å². The van der Waals surface area contributed by atoms with Gasteiger partial charge in [-0.15, -0.1) is 0 Å². The largest absolute Gasteiger partial charge is 0.294 e. The molecule has 0 spiro atoms. The number of nitrogens with two attached hydrogens (primary N) is 1. The SMILES string of the molecule is NNC(=O)[C@H]1CC[C@@H](n2cccn2)CC1. The van der Waals surface area contributed by atoms with E-state index in [4.69, 9.17) is 5.84 Å². The Morgan fingerprint density at radius 3 is 2.67 bits per heavy atom. The molecular formula is C10H16N4O. The highest BCUT2D eigenvalue weighted by Gasteiger charge is 2.26. The van der Waals surface area contributed by atoms with Gasteiger partial charge in [0, 0.05) is 18.3 Å². The summed E-state index contributed by atoms with van der Waals surface area (Å²) in [4.78, 5) is 11.3. The number of hydrogen-bond acceptors (Lipinski definition) is 3. The van der Waals surface area contributed by atoms with Crippen molar-refractivity contribution in [2.24, 2.45) is 11.8 Å². The quantitative estimate of drug-likeness (QED) is 0.425. The molecule has 1 saturated carbocycles. The van der Waals surface area contributed by atoms with Crippen molar-refractivity contribution in [1.29, 1.82) is 0 Å². The molecule has 5 heteroatoms. The van der Waals surface area contributed by atoms with E-state index in [2.05, 4.69) is 10.5 Å². The van der Waals surface area contributed by atoms with Crippen molar-refractivity contribution in [3.8, 4) is 0 Å². The summed E-state index contributed by atoms with van der Waals surface area (Å²) in [5.41, 5.74) is 2.22. The van der Waals surface area contributed by atoms with Crippen molar-refractivity contribution in [3.05, 3.63) is 18.5 Å². The van der Waals surface area contributed by atoms with Crippen LogP contribution < -0.4 is 11.3 Å². The Morgan fingerprint density at radius 1 is 1.40 bits per heavy atom. The fourth-order valence-electron chi connectivity index (χ4n) is 2.22. The maximum atomic E-state index is 11.3. The standard InChI is InChI=1S/C10H16N4O/c11-13-10(15)8-2-4-9(5-3-8)14-7-1-6-12-14/h1,6-9H,2-5,11H2,(H,13,15)/t8-,9+. The minimum absolute atomic E-state index is 0.0334. The van der Waals surface area contributed by atoms with Crippen molar-refractivity contribution in [2.45, 2.75) is 31.7 Å². The van der Waals surface area contributed by atoms with Gasteiger partial charge in [-0.05, 0) is 31.7 Å². The van der Waals surface area contributed by atoms with Gasteiger partial charge in [-0.1, -0.05) is 0 Å². The fraction of sp³-hybridized carbons (Fsp3) is 0.600. The van der Waals surface area contributed by atoms with Crippen LogP contribution in [0.1, 0.15) is 31.7 Å². The molecule has 0 aromatic carbocycles. The molecule has 1 fully saturated rings. The summed E-state index contributed by atoms with van der Waals surface area (Å²) in [5.74, 6) is 5.17. The summed E-state index contributed by atoms with van der Waals surface area (Å²) in [7, 11) is 0. The van der Waals surface area contributed by atoms with E-state index in [0.29, 0.717) is 6.04 Å². The van der Waals surface area contributed by atoms with Crippen molar-refractivity contribution in [1.82, 2.24) is 15.2 Å². The van der Waals surface area contributed by atoms with Crippen LogP contribution in [0.2, 0.25) is 0 Å². The molecule has 0 atom stereocenters. The van der Waals surface area contributed by atoms with E-state index in [1.54, 1.807) is 6.20 Å². The van der Waals surface area contributed by atoms with Crippen LogP contribution in [-0.4, -0.2) is 15.7 Å². The molecule has 1 aromatic rings. The minimum atomic E-state index is -0.0334.